The van der Waals surface area contributed by atoms with Gasteiger partial charge in [0.05, 0.1) is 6.54 Å². The number of hydrogen-bond acceptors (Lipinski definition) is 3. The lowest BCUT2D eigenvalue weighted by molar-refractivity contribution is -0.114. The number of ether oxygens (including phenoxy) is 1. The number of amides is 1. The van der Waals surface area contributed by atoms with Gasteiger partial charge in [-0.1, -0.05) is 24.3 Å². The Bertz CT molecular complexity index is 854. The predicted molar refractivity (Wildman–Crippen MR) is 106 cm³/mol. The molecule has 3 aromatic carbocycles. The molecule has 0 saturated heterocycles. The Morgan fingerprint density at radius 3 is 2.08 bits per heavy atom. The van der Waals surface area contributed by atoms with E-state index in [-0.39, 0.29) is 12.5 Å². The van der Waals surface area contributed by atoms with Crippen LogP contribution in [-0.2, 0) is 4.79 Å². The van der Waals surface area contributed by atoms with Gasteiger partial charge in [-0.2, -0.15) is 0 Å². The lowest BCUT2D eigenvalue weighted by atomic mass is 10.1. The van der Waals surface area contributed by atoms with Crippen molar-refractivity contribution in [2.45, 2.75) is 13.8 Å². The number of carbonyl (C=O) groups is 1. The SMILES string of the molecule is Cc1cc(C)cc(NC(=O)CNc2ccc(Oc3ccccc3)cc2)c1. The van der Waals surface area contributed by atoms with E-state index in [2.05, 4.69) is 16.7 Å². The van der Waals surface area contributed by atoms with Gasteiger partial charge in [-0.3, -0.25) is 4.79 Å². The average Bonchev–Trinajstić information content (AvgIpc) is 2.61. The second kappa shape index (κ2) is 8.21. The molecule has 0 aliphatic rings. The smallest absolute Gasteiger partial charge is 0.243 e. The Hall–Kier alpha value is -3.27. The molecule has 0 aliphatic heterocycles. The maximum atomic E-state index is 12.1. The van der Waals surface area contributed by atoms with Crippen molar-refractivity contribution in [1.29, 1.82) is 0 Å². The molecular formula is C22H22N2O2. The number of benzene rings is 3. The van der Waals surface area contributed by atoms with E-state index < -0.39 is 0 Å². The molecule has 2 N–H and O–H groups in total. The Morgan fingerprint density at radius 2 is 1.42 bits per heavy atom. The summed E-state index contributed by atoms with van der Waals surface area (Å²) in [6, 6.07) is 23.1. The number of carbonyl (C=O) groups excluding carboxylic acids is 1. The van der Waals surface area contributed by atoms with E-state index in [4.69, 9.17) is 4.74 Å². The minimum atomic E-state index is -0.0837. The van der Waals surface area contributed by atoms with E-state index in [1.807, 2.05) is 80.6 Å². The minimum Gasteiger partial charge on any atom is -0.457 e. The summed E-state index contributed by atoms with van der Waals surface area (Å²) in [4.78, 5) is 12.1. The monoisotopic (exact) mass is 346 g/mol. The number of hydrogen-bond donors (Lipinski definition) is 2. The van der Waals surface area contributed by atoms with Gasteiger partial charge in [-0.15, -0.1) is 0 Å². The van der Waals surface area contributed by atoms with Crippen LogP contribution in [0.15, 0.2) is 72.8 Å². The van der Waals surface area contributed by atoms with Gasteiger partial charge in [0.15, 0.2) is 0 Å². The first kappa shape index (κ1) is 17.5. The Labute approximate surface area is 153 Å². The zero-order chi connectivity index (χ0) is 18.4. The second-order valence-electron chi connectivity index (χ2n) is 6.22. The topological polar surface area (TPSA) is 50.4 Å². The van der Waals surface area contributed by atoms with Crippen molar-refractivity contribution >= 4 is 17.3 Å². The van der Waals surface area contributed by atoms with Crippen molar-refractivity contribution < 1.29 is 9.53 Å². The lowest BCUT2D eigenvalue weighted by Crippen LogP contribution is -2.21. The van der Waals surface area contributed by atoms with Crippen molar-refractivity contribution in [2.24, 2.45) is 0 Å². The summed E-state index contributed by atoms with van der Waals surface area (Å²) in [5, 5.41) is 6.03. The van der Waals surface area contributed by atoms with E-state index in [0.717, 1.165) is 34.0 Å². The molecule has 26 heavy (non-hydrogen) atoms. The maximum absolute atomic E-state index is 12.1. The van der Waals surface area contributed by atoms with Crippen LogP contribution in [-0.4, -0.2) is 12.5 Å². The van der Waals surface area contributed by atoms with Crippen LogP contribution in [0.25, 0.3) is 0 Å². The number of anilines is 2. The van der Waals surface area contributed by atoms with Gasteiger partial charge in [0.1, 0.15) is 11.5 Å². The van der Waals surface area contributed by atoms with Crippen LogP contribution < -0.4 is 15.4 Å². The fraction of sp³-hybridized carbons (Fsp3) is 0.136. The fourth-order valence-electron chi connectivity index (χ4n) is 2.70. The molecule has 0 unspecified atom stereocenters. The van der Waals surface area contributed by atoms with Crippen molar-refractivity contribution in [2.75, 3.05) is 17.2 Å². The highest BCUT2D eigenvalue weighted by molar-refractivity contribution is 5.93. The summed E-state index contributed by atoms with van der Waals surface area (Å²) >= 11 is 0. The first-order valence-electron chi connectivity index (χ1n) is 8.53. The molecule has 4 nitrogen and oxygen atoms in total. The highest BCUT2D eigenvalue weighted by Crippen LogP contribution is 2.22. The number of para-hydroxylation sites is 1. The molecule has 0 spiro atoms. The van der Waals surface area contributed by atoms with Crippen molar-refractivity contribution in [3.05, 3.63) is 83.9 Å². The summed E-state index contributed by atoms with van der Waals surface area (Å²) in [5.74, 6) is 1.46. The molecule has 1 amide bonds. The standard InChI is InChI=1S/C22H22N2O2/c1-16-12-17(2)14-19(13-16)24-22(25)15-23-18-8-10-21(11-9-18)26-20-6-4-3-5-7-20/h3-14,23H,15H2,1-2H3,(H,24,25). The maximum Gasteiger partial charge on any atom is 0.243 e. The number of nitrogens with one attached hydrogen (secondary N) is 2. The molecule has 0 atom stereocenters. The van der Waals surface area contributed by atoms with Crippen LogP contribution in [0, 0.1) is 13.8 Å². The van der Waals surface area contributed by atoms with E-state index >= 15 is 0 Å². The molecule has 4 heteroatoms. The molecule has 0 radical (unpaired) electrons. The van der Waals surface area contributed by atoms with Gasteiger partial charge in [0.2, 0.25) is 5.91 Å². The molecule has 0 heterocycles. The number of rotatable bonds is 6. The first-order valence-corrected chi connectivity index (χ1v) is 8.53. The molecule has 3 aromatic rings. The molecular weight excluding hydrogens is 324 g/mol. The Balaban J connectivity index is 1.52. The summed E-state index contributed by atoms with van der Waals surface area (Å²) in [6.07, 6.45) is 0. The third-order valence-corrected chi connectivity index (χ3v) is 3.79. The van der Waals surface area contributed by atoms with Gasteiger partial charge in [-0.25, -0.2) is 0 Å². The molecule has 0 aromatic heterocycles. The predicted octanol–water partition coefficient (Wildman–Crippen LogP) is 5.15. The van der Waals surface area contributed by atoms with E-state index in [1.165, 1.54) is 0 Å². The van der Waals surface area contributed by atoms with Gasteiger partial charge >= 0.3 is 0 Å². The Morgan fingerprint density at radius 1 is 0.808 bits per heavy atom. The molecule has 3 rings (SSSR count). The zero-order valence-corrected chi connectivity index (χ0v) is 15.0. The zero-order valence-electron chi connectivity index (χ0n) is 15.0. The van der Waals surface area contributed by atoms with Gasteiger partial charge in [-0.05, 0) is 73.5 Å². The normalized spacial score (nSPS) is 10.2. The molecule has 0 aliphatic carbocycles. The van der Waals surface area contributed by atoms with Crippen molar-refractivity contribution in [3.63, 3.8) is 0 Å². The van der Waals surface area contributed by atoms with Crippen molar-refractivity contribution in [1.82, 2.24) is 0 Å². The molecule has 0 fully saturated rings. The molecule has 0 saturated carbocycles. The van der Waals surface area contributed by atoms with Crippen LogP contribution in [0.3, 0.4) is 0 Å². The van der Waals surface area contributed by atoms with E-state index in [1.54, 1.807) is 0 Å². The lowest BCUT2D eigenvalue weighted by Gasteiger charge is -2.10. The quantitative estimate of drug-likeness (QED) is 0.649. The summed E-state index contributed by atoms with van der Waals surface area (Å²) in [7, 11) is 0. The second-order valence-corrected chi connectivity index (χ2v) is 6.22. The van der Waals surface area contributed by atoms with Crippen LogP contribution in [0.1, 0.15) is 11.1 Å². The largest absolute Gasteiger partial charge is 0.457 e. The summed E-state index contributed by atoms with van der Waals surface area (Å²) in [6.45, 7) is 4.23. The fourth-order valence-corrected chi connectivity index (χ4v) is 2.70. The molecule has 132 valence electrons. The van der Waals surface area contributed by atoms with Gasteiger partial charge in [0, 0.05) is 11.4 Å². The van der Waals surface area contributed by atoms with E-state index in [9.17, 15) is 4.79 Å². The van der Waals surface area contributed by atoms with E-state index in [0.29, 0.717) is 0 Å². The van der Waals surface area contributed by atoms with Crippen LogP contribution >= 0.6 is 0 Å². The van der Waals surface area contributed by atoms with Crippen LogP contribution in [0.4, 0.5) is 11.4 Å². The van der Waals surface area contributed by atoms with Crippen LogP contribution in [0.5, 0.6) is 11.5 Å². The van der Waals surface area contributed by atoms with Gasteiger partial charge in [0.25, 0.3) is 0 Å². The minimum absolute atomic E-state index is 0.0837. The third kappa shape index (κ3) is 5.11. The Kier molecular flexibility index (Phi) is 5.54. The molecule has 0 bridgehead atoms. The third-order valence-electron chi connectivity index (χ3n) is 3.79. The first-order chi connectivity index (χ1) is 12.6. The summed E-state index contributed by atoms with van der Waals surface area (Å²) in [5.41, 5.74) is 3.94. The van der Waals surface area contributed by atoms with Crippen molar-refractivity contribution in [3.8, 4) is 11.5 Å². The highest BCUT2D eigenvalue weighted by Gasteiger charge is 2.04. The summed E-state index contributed by atoms with van der Waals surface area (Å²) < 4.78 is 5.75. The average molecular weight is 346 g/mol. The van der Waals surface area contributed by atoms with Gasteiger partial charge < -0.3 is 15.4 Å². The number of aryl methyl sites for hydroxylation is 2. The van der Waals surface area contributed by atoms with Crippen LogP contribution in [0.2, 0.25) is 0 Å². The highest BCUT2D eigenvalue weighted by atomic mass is 16.5.